The van der Waals surface area contributed by atoms with Gasteiger partial charge < -0.3 is 14.0 Å². The van der Waals surface area contributed by atoms with E-state index in [0.29, 0.717) is 26.1 Å². The van der Waals surface area contributed by atoms with Crippen LogP contribution in [0.3, 0.4) is 0 Å². The minimum atomic E-state index is -0.595. The van der Waals surface area contributed by atoms with E-state index in [-0.39, 0.29) is 18.3 Å². The van der Waals surface area contributed by atoms with E-state index in [2.05, 4.69) is 4.98 Å². The summed E-state index contributed by atoms with van der Waals surface area (Å²) in [4.78, 5) is 30.9. The van der Waals surface area contributed by atoms with Crippen LogP contribution in [0.5, 0.6) is 0 Å². The van der Waals surface area contributed by atoms with Gasteiger partial charge in [0.05, 0.1) is 24.1 Å². The fourth-order valence-electron chi connectivity index (χ4n) is 3.25. The topological polar surface area (TPSA) is 63.9 Å². The summed E-state index contributed by atoms with van der Waals surface area (Å²) in [6.07, 6.45) is 4.60. The molecule has 1 unspecified atom stereocenters. The van der Waals surface area contributed by atoms with Crippen LogP contribution in [0.25, 0.3) is 5.65 Å². The number of carbonyl (C=O) groups is 2. The Morgan fingerprint density at radius 2 is 2.21 bits per heavy atom. The maximum Gasteiger partial charge on any atom is 0.313 e. The molecule has 0 radical (unpaired) electrons. The lowest BCUT2D eigenvalue weighted by molar-refractivity contribution is -0.153. The third kappa shape index (κ3) is 2.88. The second-order valence-corrected chi connectivity index (χ2v) is 6.66. The van der Waals surface area contributed by atoms with Crippen molar-refractivity contribution in [2.75, 3.05) is 19.7 Å². The zero-order valence-electron chi connectivity index (χ0n) is 14.4. The molecule has 0 N–H and O–H groups in total. The SMILES string of the molecule is CCOC(=O)C1(C)CCN(C(=O)Cc2cnc3c(C)cccn23)C1. The predicted octanol–water partition coefficient (Wildman–Crippen LogP) is 1.99. The summed E-state index contributed by atoms with van der Waals surface area (Å²) < 4.78 is 7.09. The number of aryl methyl sites for hydroxylation is 1. The number of fused-ring (bicyclic) bond motifs is 1. The van der Waals surface area contributed by atoms with Crippen molar-refractivity contribution in [2.45, 2.75) is 33.6 Å². The molecule has 0 bridgehead atoms. The first-order valence-electron chi connectivity index (χ1n) is 8.31. The number of imidazole rings is 1. The van der Waals surface area contributed by atoms with Gasteiger partial charge in [-0.25, -0.2) is 4.98 Å². The second kappa shape index (κ2) is 6.26. The highest BCUT2D eigenvalue weighted by Crippen LogP contribution is 2.31. The van der Waals surface area contributed by atoms with Crippen molar-refractivity contribution in [3.05, 3.63) is 35.8 Å². The molecule has 1 saturated heterocycles. The summed E-state index contributed by atoms with van der Waals surface area (Å²) in [5.41, 5.74) is 2.22. The Hall–Kier alpha value is -2.37. The molecule has 3 rings (SSSR count). The maximum absolute atomic E-state index is 12.6. The first-order chi connectivity index (χ1) is 11.4. The molecule has 2 aromatic heterocycles. The lowest BCUT2D eigenvalue weighted by Gasteiger charge is -2.22. The lowest BCUT2D eigenvalue weighted by atomic mass is 9.90. The quantitative estimate of drug-likeness (QED) is 0.805. The average molecular weight is 329 g/mol. The number of esters is 1. The molecule has 6 nitrogen and oxygen atoms in total. The summed E-state index contributed by atoms with van der Waals surface area (Å²) in [6, 6.07) is 3.95. The number of nitrogens with zero attached hydrogens (tertiary/aromatic N) is 3. The van der Waals surface area contributed by atoms with Crippen LogP contribution < -0.4 is 0 Å². The Morgan fingerprint density at radius 3 is 2.96 bits per heavy atom. The normalized spacial score (nSPS) is 20.5. The molecule has 1 aliphatic rings. The number of hydrogen-bond acceptors (Lipinski definition) is 4. The monoisotopic (exact) mass is 329 g/mol. The van der Waals surface area contributed by atoms with Crippen molar-refractivity contribution in [1.29, 1.82) is 0 Å². The van der Waals surface area contributed by atoms with E-state index in [1.165, 1.54) is 0 Å². The van der Waals surface area contributed by atoms with Crippen LogP contribution >= 0.6 is 0 Å². The zero-order chi connectivity index (χ0) is 17.3. The van der Waals surface area contributed by atoms with Gasteiger partial charge in [0, 0.05) is 25.5 Å². The van der Waals surface area contributed by atoms with Gasteiger partial charge in [0.1, 0.15) is 5.65 Å². The molecule has 3 heterocycles. The summed E-state index contributed by atoms with van der Waals surface area (Å²) >= 11 is 0. The third-order valence-electron chi connectivity index (χ3n) is 4.73. The highest BCUT2D eigenvalue weighted by Gasteiger charge is 2.43. The number of pyridine rings is 1. The molecule has 1 amide bonds. The first-order valence-corrected chi connectivity index (χ1v) is 8.31. The van der Waals surface area contributed by atoms with E-state index in [0.717, 1.165) is 16.9 Å². The van der Waals surface area contributed by atoms with Gasteiger partial charge in [0.2, 0.25) is 5.91 Å². The third-order valence-corrected chi connectivity index (χ3v) is 4.73. The first kappa shape index (κ1) is 16.5. The van der Waals surface area contributed by atoms with Crippen LogP contribution in [0.15, 0.2) is 24.5 Å². The van der Waals surface area contributed by atoms with Crippen LogP contribution in [0, 0.1) is 12.3 Å². The molecule has 2 aromatic rings. The fraction of sp³-hybridized carbons (Fsp3) is 0.500. The number of carbonyl (C=O) groups excluding carboxylic acids is 2. The average Bonchev–Trinajstić information content (AvgIpc) is 3.14. The molecule has 1 fully saturated rings. The van der Waals surface area contributed by atoms with Gasteiger partial charge in [0.15, 0.2) is 0 Å². The van der Waals surface area contributed by atoms with Gasteiger partial charge in [-0.15, -0.1) is 0 Å². The van der Waals surface area contributed by atoms with Gasteiger partial charge in [-0.1, -0.05) is 6.07 Å². The molecule has 1 atom stereocenters. The van der Waals surface area contributed by atoms with Gasteiger partial charge in [0.25, 0.3) is 0 Å². The molecule has 1 aliphatic heterocycles. The Balaban J connectivity index is 1.72. The van der Waals surface area contributed by atoms with Gasteiger partial charge in [-0.05, 0) is 38.8 Å². The number of likely N-dealkylation sites (tertiary alicyclic amines) is 1. The Kier molecular flexibility index (Phi) is 4.30. The minimum absolute atomic E-state index is 0.0197. The van der Waals surface area contributed by atoms with Gasteiger partial charge >= 0.3 is 5.97 Å². The molecule has 0 saturated carbocycles. The standard InChI is InChI=1S/C18H23N3O3/c1-4-24-17(23)18(3)7-9-20(12-18)15(22)10-14-11-19-16-13(2)6-5-8-21(14)16/h5-6,8,11H,4,7,9-10,12H2,1-3H3. The minimum Gasteiger partial charge on any atom is -0.466 e. The maximum atomic E-state index is 12.6. The van der Waals surface area contributed by atoms with Crippen molar-refractivity contribution in [2.24, 2.45) is 5.41 Å². The van der Waals surface area contributed by atoms with Gasteiger partial charge in [-0.2, -0.15) is 0 Å². The molecular formula is C18H23N3O3. The molecule has 0 aliphatic carbocycles. The van der Waals surface area contributed by atoms with E-state index < -0.39 is 5.41 Å². The number of ether oxygens (including phenoxy) is 1. The van der Waals surface area contributed by atoms with Crippen molar-refractivity contribution in [1.82, 2.24) is 14.3 Å². The highest BCUT2D eigenvalue weighted by molar-refractivity contribution is 5.82. The smallest absolute Gasteiger partial charge is 0.313 e. The fourth-order valence-corrected chi connectivity index (χ4v) is 3.25. The van der Waals surface area contributed by atoms with Crippen LogP contribution in [0.2, 0.25) is 0 Å². The Bertz CT molecular complexity index is 783. The van der Waals surface area contributed by atoms with E-state index in [1.807, 2.05) is 36.6 Å². The lowest BCUT2D eigenvalue weighted by Crippen LogP contribution is -2.36. The van der Waals surface area contributed by atoms with Crippen molar-refractivity contribution >= 4 is 17.5 Å². The van der Waals surface area contributed by atoms with E-state index in [1.54, 1.807) is 18.0 Å². The molecule has 0 spiro atoms. The molecule has 128 valence electrons. The molecule has 0 aromatic carbocycles. The second-order valence-electron chi connectivity index (χ2n) is 6.66. The summed E-state index contributed by atoms with van der Waals surface area (Å²) in [5, 5.41) is 0. The van der Waals surface area contributed by atoms with Crippen molar-refractivity contribution < 1.29 is 14.3 Å². The van der Waals surface area contributed by atoms with Crippen LogP contribution in [0.4, 0.5) is 0 Å². The molecular weight excluding hydrogens is 306 g/mol. The summed E-state index contributed by atoms with van der Waals surface area (Å²) in [6.45, 7) is 7.04. The van der Waals surface area contributed by atoms with E-state index >= 15 is 0 Å². The van der Waals surface area contributed by atoms with Crippen molar-refractivity contribution in [3.63, 3.8) is 0 Å². The largest absolute Gasteiger partial charge is 0.466 e. The summed E-state index contributed by atoms with van der Waals surface area (Å²) in [7, 11) is 0. The molecule has 24 heavy (non-hydrogen) atoms. The van der Waals surface area contributed by atoms with E-state index in [9.17, 15) is 9.59 Å². The van der Waals surface area contributed by atoms with Crippen LogP contribution in [-0.2, 0) is 20.7 Å². The Morgan fingerprint density at radius 1 is 1.42 bits per heavy atom. The highest BCUT2D eigenvalue weighted by atomic mass is 16.5. The summed E-state index contributed by atoms with van der Waals surface area (Å²) in [5.74, 6) is -0.197. The van der Waals surface area contributed by atoms with Crippen LogP contribution in [-0.4, -0.2) is 45.9 Å². The number of rotatable bonds is 4. The van der Waals surface area contributed by atoms with Crippen molar-refractivity contribution in [3.8, 4) is 0 Å². The van der Waals surface area contributed by atoms with Gasteiger partial charge in [-0.3, -0.25) is 9.59 Å². The zero-order valence-corrected chi connectivity index (χ0v) is 14.4. The molecule has 6 heteroatoms. The van der Waals surface area contributed by atoms with Crippen LogP contribution in [0.1, 0.15) is 31.5 Å². The van der Waals surface area contributed by atoms with E-state index in [4.69, 9.17) is 4.74 Å². The predicted molar refractivity (Wildman–Crippen MR) is 89.6 cm³/mol. The number of amides is 1. The number of aromatic nitrogens is 2. The number of hydrogen-bond donors (Lipinski definition) is 0. The Labute approximate surface area is 141 Å².